The minimum Gasteiger partial charge on any atom is -0.497 e. The summed E-state index contributed by atoms with van der Waals surface area (Å²) in [5.41, 5.74) is 2.25. The summed E-state index contributed by atoms with van der Waals surface area (Å²) in [4.78, 5) is 8.65. The number of H-pyrrole nitrogens is 1. The molecule has 1 aromatic heterocycles. The molecule has 0 atom stereocenters. The molecular formula is C15H10ClN3OS. The van der Waals surface area contributed by atoms with Gasteiger partial charge >= 0.3 is 0 Å². The van der Waals surface area contributed by atoms with Crippen LogP contribution in [0, 0.1) is 11.3 Å². The van der Waals surface area contributed by atoms with Crippen molar-refractivity contribution in [2.24, 2.45) is 0 Å². The van der Waals surface area contributed by atoms with Gasteiger partial charge in [-0.1, -0.05) is 23.4 Å². The summed E-state index contributed by atoms with van der Waals surface area (Å²) in [5, 5.41) is 10.1. The first kappa shape index (κ1) is 13.8. The van der Waals surface area contributed by atoms with Gasteiger partial charge in [0.2, 0.25) is 0 Å². The molecule has 4 nitrogen and oxygen atoms in total. The van der Waals surface area contributed by atoms with Crippen molar-refractivity contribution >= 4 is 34.4 Å². The van der Waals surface area contributed by atoms with Crippen LogP contribution in [0.4, 0.5) is 0 Å². The van der Waals surface area contributed by atoms with Crippen LogP contribution in [-0.4, -0.2) is 17.1 Å². The maximum atomic E-state index is 8.87. The highest BCUT2D eigenvalue weighted by Crippen LogP contribution is 2.31. The molecule has 104 valence electrons. The van der Waals surface area contributed by atoms with Crippen LogP contribution in [0.25, 0.3) is 11.0 Å². The number of nitriles is 1. The highest BCUT2D eigenvalue weighted by atomic mass is 35.5. The van der Waals surface area contributed by atoms with Crippen molar-refractivity contribution in [1.82, 2.24) is 9.97 Å². The summed E-state index contributed by atoms with van der Waals surface area (Å²) in [7, 11) is 1.63. The molecule has 21 heavy (non-hydrogen) atoms. The summed E-state index contributed by atoms with van der Waals surface area (Å²) in [5.74, 6) is 0.782. The monoisotopic (exact) mass is 315 g/mol. The number of nitrogens with zero attached hydrogens (tertiary/aromatic N) is 2. The Morgan fingerprint density at radius 3 is 2.86 bits per heavy atom. The van der Waals surface area contributed by atoms with E-state index in [9.17, 15) is 0 Å². The molecule has 0 bridgehead atoms. The Morgan fingerprint density at radius 1 is 1.29 bits per heavy atom. The second-order valence-corrected chi connectivity index (χ2v) is 5.75. The first-order chi connectivity index (χ1) is 10.2. The van der Waals surface area contributed by atoms with Crippen molar-refractivity contribution in [3.63, 3.8) is 0 Å². The lowest BCUT2D eigenvalue weighted by Gasteiger charge is -2.00. The quantitative estimate of drug-likeness (QED) is 0.785. The van der Waals surface area contributed by atoms with E-state index >= 15 is 0 Å². The van der Waals surface area contributed by atoms with Crippen molar-refractivity contribution in [2.45, 2.75) is 10.1 Å². The van der Waals surface area contributed by atoms with Crippen LogP contribution < -0.4 is 4.74 Å². The lowest BCUT2D eigenvalue weighted by molar-refractivity contribution is 0.415. The summed E-state index contributed by atoms with van der Waals surface area (Å²) >= 11 is 7.49. The number of rotatable bonds is 3. The highest BCUT2D eigenvalue weighted by Gasteiger charge is 2.07. The normalized spacial score (nSPS) is 10.5. The molecule has 0 saturated heterocycles. The van der Waals surface area contributed by atoms with E-state index in [0.717, 1.165) is 26.8 Å². The van der Waals surface area contributed by atoms with Gasteiger partial charge in [0.1, 0.15) is 11.8 Å². The van der Waals surface area contributed by atoms with Crippen LogP contribution in [-0.2, 0) is 0 Å². The zero-order valence-corrected chi connectivity index (χ0v) is 12.6. The molecule has 0 spiro atoms. The third-order valence-electron chi connectivity index (χ3n) is 2.94. The first-order valence-corrected chi connectivity index (χ1v) is 7.30. The van der Waals surface area contributed by atoms with E-state index in [2.05, 4.69) is 9.97 Å². The fourth-order valence-electron chi connectivity index (χ4n) is 1.90. The number of aromatic amines is 1. The molecule has 1 heterocycles. The van der Waals surface area contributed by atoms with Gasteiger partial charge < -0.3 is 9.72 Å². The molecule has 0 aliphatic rings. The smallest absolute Gasteiger partial charge is 0.171 e. The Balaban J connectivity index is 1.91. The molecule has 3 rings (SSSR count). The topological polar surface area (TPSA) is 61.7 Å². The third-order valence-corrected chi connectivity index (χ3v) is 4.13. The first-order valence-electron chi connectivity index (χ1n) is 6.11. The molecule has 1 N–H and O–H groups in total. The molecule has 0 radical (unpaired) electrons. The van der Waals surface area contributed by atoms with Gasteiger partial charge in [-0.25, -0.2) is 4.98 Å². The second-order valence-electron chi connectivity index (χ2n) is 4.28. The molecule has 0 unspecified atom stereocenters. The van der Waals surface area contributed by atoms with Gasteiger partial charge in [-0.15, -0.1) is 0 Å². The average Bonchev–Trinajstić information content (AvgIpc) is 2.88. The molecule has 3 aromatic rings. The van der Waals surface area contributed by atoms with Gasteiger partial charge in [-0.3, -0.25) is 0 Å². The minimum absolute atomic E-state index is 0.445. The van der Waals surface area contributed by atoms with E-state index in [1.807, 2.05) is 30.3 Å². The van der Waals surface area contributed by atoms with Crippen molar-refractivity contribution in [3.05, 3.63) is 47.0 Å². The molecule has 0 aliphatic heterocycles. The van der Waals surface area contributed by atoms with Crippen molar-refractivity contribution < 1.29 is 4.74 Å². The van der Waals surface area contributed by atoms with Gasteiger partial charge in [0, 0.05) is 11.0 Å². The van der Waals surface area contributed by atoms with Crippen LogP contribution in [0.15, 0.2) is 46.5 Å². The van der Waals surface area contributed by atoms with Crippen LogP contribution in [0.1, 0.15) is 5.56 Å². The average molecular weight is 316 g/mol. The van der Waals surface area contributed by atoms with Crippen molar-refractivity contribution in [1.29, 1.82) is 5.26 Å². The van der Waals surface area contributed by atoms with Gasteiger partial charge in [0.25, 0.3) is 0 Å². The SMILES string of the molecule is COc1ccc2nc(Sc3ccc(C#N)c(Cl)c3)[nH]c2c1. The Bertz CT molecular complexity index is 854. The molecule has 6 heteroatoms. The van der Waals surface area contributed by atoms with Crippen LogP contribution in [0.3, 0.4) is 0 Å². The summed E-state index contributed by atoms with van der Waals surface area (Å²) in [6.45, 7) is 0. The number of fused-ring (bicyclic) bond motifs is 1. The number of benzene rings is 2. The maximum absolute atomic E-state index is 8.87. The van der Waals surface area contributed by atoms with Crippen LogP contribution in [0.2, 0.25) is 5.02 Å². The summed E-state index contributed by atoms with van der Waals surface area (Å²) < 4.78 is 5.19. The molecule has 0 amide bonds. The van der Waals surface area contributed by atoms with E-state index < -0.39 is 0 Å². The minimum atomic E-state index is 0.445. The van der Waals surface area contributed by atoms with Crippen LogP contribution >= 0.6 is 23.4 Å². The third kappa shape index (κ3) is 2.82. The zero-order valence-electron chi connectivity index (χ0n) is 11.1. The summed E-state index contributed by atoms with van der Waals surface area (Å²) in [6, 6.07) is 13.0. The molecule has 0 fully saturated rings. The number of hydrogen-bond acceptors (Lipinski definition) is 4. The molecular weight excluding hydrogens is 306 g/mol. The fraction of sp³-hybridized carbons (Fsp3) is 0.0667. The Kier molecular flexibility index (Phi) is 3.74. The number of aromatic nitrogens is 2. The fourth-order valence-corrected chi connectivity index (χ4v) is 3.03. The number of imidazole rings is 1. The van der Waals surface area contributed by atoms with Gasteiger partial charge in [-0.2, -0.15) is 5.26 Å². The van der Waals surface area contributed by atoms with E-state index in [1.54, 1.807) is 19.2 Å². The number of nitrogens with one attached hydrogen (secondary N) is 1. The Morgan fingerprint density at radius 2 is 2.14 bits per heavy atom. The van der Waals surface area contributed by atoms with Gasteiger partial charge in [0.15, 0.2) is 5.16 Å². The molecule has 0 saturated carbocycles. The number of halogens is 1. The van der Waals surface area contributed by atoms with Crippen LogP contribution in [0.5, 0.6) is 5.75 Å². The lowest BCUT2D eigenvalue weighted by Crippen LogP contribution is -1.81. The predicted octanol–water partition coefficient (Wildman–Crippen LogP) is 4.25. The van der Waals surface area contributed by atoms with Gasteiger partial charge in [-0.05, 0) is 30.3 Å². The standard InChI is InChI=1S/C15H10ClN3OS/c1-20-10-3-5-13-14(6-10)19-15(18-13)21-11-4-2-9(8-17)12(16)7-11/h2-7H,1H3,(H,18,19). The van der Waals surface area contributed by atoms with E-state index in [-0.39, 0.29) is 0 Å². The highest BCUT2D eigenvalue weighted by molar-refractivity contribution is 7.99. The predicted molar refractivity (Wildman–Crippen MR) is 82.9 cm³/mol. The Hall–Kier alpha value is -2.16. The van der Waals surface area contributed by atoms with Gasteiger partial charge in [0.05, 0.1) is 28.7 Å². The Labute approximate surface area is 130 Å². The summed E-state index contributed by atoms with van der Waals surface area (Å²) in [6.07, 6.45) is 0. The number of hydrogen-bond donors (Lipinski definition) is 1. The van der Waals surface area contributed by atoms with E-state index in [1.165, 1.54) is 11.8 Å². The number of methoxy groups -OCH3 is 1. The van der Waals surface area contributed by atoms with Crippen molar-refractivity contribution in [2.75, 3.05) is 7.11 Å². The maximum Gasteiger partial charge on any atom is 0.171 e. The molecule has 2 aromatic carbocycles. The number of ether oxygens (including phenoxy) is 1. The largest absolute Gasteiger partial charge is 0.497 e. The van der Waals surface area contributed by atoms with E-state index in [4.69, 9.17) is 21.6 Å². The van der Waals surface area contributed by atoms with Crippen molar-refractivity contribution in [3.8, 4) is 11.8 Å². The van der Waals surface area contributed by atoms with E-state index in [0.29, 0.717) is 10.6 Å². The lowest BCUT2D eigenvalue weighted by atomic mass is 10.2. The molecule has 0 aliphatic carbocycles. The second kappa shape index (κ2) is 5.68. The zero-order chi connectivity index (χ0) is 14.8.